The number of amidine groups is 1. The second kappa shape index (κ2) is 4.13. The summed E-state index contributed by atoms with van der Waals surface area (Å²) in [6, 6.07) is 8.16. The highest BCUT2D eigenvalue weighted by molar-refractivity contribution is 9.10. The molecule has 0 spiro atoms. The Bertz CT molecular complexity index is 349. The Hall–Kier alpha value is -0.830. The molecular formula is C11H13BrN2. The molecule has 2 nitrogen and oxygen atoms in total. The summed E-state index contributed by atoms with van der Waals surface area (Å²) >= 11 is 3.45. The number of nitrogens with one attached hydrogen (secondary N) is 1. The van der Waals surface area contributed by atoms with Crippen LogP contribution in [0, 0.1) is 5.41 Å². The second-order valence-electron chi connectivity index (χ2n) is 3.54. The Balaban J connectivity index is 2.24. The highest BCUT2D eigenvalue weighted by Crippen LogP contribution is 2.23. The lowest BCUT2D eigenvalue weighted by Gasteiger charge is -2.29. The van der Waals surface area contributed by atoms with E-state index in [4.69, 9.17) is 5.41 Å². The lowest BCUT2D eigenvalue weighted by molar-refractivity contribution is 0.707. The van der Waals surface area contributed by atoms with E-state index in [2.05, 4.69) is 33.0 Å². The van der Waals surface area contributed by atoms with E-state index in [0.29, 0.717) is 0 Å². The highest BCUT2D eigenvalue weighted by atomic mass is 79.9. The monoisotopic (exact) mass is 252 g/mol. The largest absolute Gasteiger partial charge is 0.330 e. The number of hydrogen-bond donors (Lipinski definition) is 1. The van der Waals surface area contributed by atoms with Gasteiger partial charge in [0.1, 0.15) is 5.84 Å². The van der Waals surface area contributed by atoms with Crippen LogP contribution in [-0.2, 0) is 0 Å². The molecule has 0 unspecified atom stereocenters. The van der Waals surface area contributed by atoms with E-state index in [9.17, 15) is 0 Å². The minimum Gasteiger partial charge on any atom is -0.330 e. The number of rotatable bonds is 1. The molecule has 0 aromatic heterocycles. The van der Waals surface area contributed by atoms with E-state index >= 15 is 0 Å². The molecule has 1 heterocycles. The Morgan fingerprint density at radius 1 is 1.29 bits per heavy atom. The molecule has 0 atom stereocenters. The maximum Gasteiger partial charge on any atom is 0.100 e. The van der Waals surface area contributed by atoms with Gasteiger partial charge in [0.15, 0.2) is 0 Å². The van der Waals surface area contributed by atoms with Crippen molar-refractivity contribution in [3.05, 3.63) is 28.7 Å². The molecule has 1 aromatic rings. The SMILES string of the molecule is N=C1CCCCN1c1cccc(Br)c1. The minimum atomic E-state index is 0.745. The van der Waals surface area contributed by atoms with Crippen molar-refractivity contribution in [2.45, 2.75) is 19.3 Å². The van der Waals surface area contributed by atoms with Gasteiger partial charge in [0, 0.05) is 23.1 Å². The van der Waals surface area contributed by atoms with E-state index in [1.165, 1.54) is 6.42 Å². The molecule has 3 heteroatoms. The molecule has 2 rings (SSSR count). The van der Waals surface area contributed by atoms with Crippen molar-refractivity contribution >= 4 is 27.5 Å². The third kappa shape index (κ3) is 1.98. The van der Waals surface area contributed by atoms with Gasteiger partial charge in [-0.05, 0) is 31.0 Å². The molecule has 1 aliphatic heterocycles. The highest BCUT2D eigenvalue weighted by Gasteiger charge is 2.16. The van der Waals surface area contributed by atoms with Crippen molar-refractivity contribution in [2.75, 3.05) is 11.4 Å². The van der Waals surface area contributed by atoms with Gasteiger partial charge in [-0.15, -0.1) is 0 Å². The Morgan fingerprint density at radius 2 is 2.14 bits per heavy atom. The van der Waals surface area contributed by atoms with E-state index in [-0.39, 0.29) is 0 Å². The van der Waals surface area contributed by atoms with E-state index in [1.807, 2.05) is 12.1 Å². The maximum atomic E-state index is 7.86. The first kappa shape index (κ1) is 9.71. The zero-order chi connectivity index (χ0) is 9.97. The standard InChI is InChI=1S/C11H13BrN2/c12-9-4-3-5-10(8-9)14-7-2-1-6-11(14)13/h3-5,8,13H,1-2,6-7H2. The Morgan fingerprint density at radius 3 is 2.86 bits per heavy atom. The predicted molar refractivity (Wildman–Crippen MR) is 63.1 cm³/mol. The van der Waals surface area contributed by atoms with Gasteiger partial charge in [0.25, 0.3) is 0 Å². The topological polar surface area (TPSA) is 27.1 Å². The average molecular weight is 253 g/mol. The summed E-state index contributed by atoms with van der Waals surface area (Å²) in [5.74, 6) is 0.745. The Labute approximate surface area is 92.6 Å². The van der Waals surface area contributed by atoms with Crippen LogP contribution in [0.3, 0.4) is 0 Å². The minimum absolute atomic E-state index is 0.745. The first-order valence-corrected chi connectivity index (χ1v) is 5.67. The van der Waals surface area contributed by atoms with Crippen LogP contribution in [0.1, 0.15) is 19.3 Å². The van der Waals surface area contributed by atoms with Crippen LogP contribution in [-0.4, -0.2) is 12.4 Å². The van der Waals surface area contributed by atoms with Gasteiger partial charge in [-0.1, -0.05) is 22.0 Å². The number of benzene rings is 1. The summed E-state index contributed by atoms with van der Waals surface area (Å²) in [5.41, 5.74) is 1.13. The van der Waals surface area contributed by atoms with Crippen LogP contribution in [0.5, 0.6) is 0 Å². The van der Waals surface area contributed by atoms with Crippen molar-refractivity contribution in [3.63, 3.8) is 0 Å². The zero-order valence-corrected chi connectivity index (χ0v) is 9.55. The number of halogens is 1. The summed E-state index contributed by atoms with van der Waals surface area (Å²) in [6.45, 7) is 0.981. The molecular weight excluding hydrogens is 240 g/mol. The number of piperidine rings is 1. The molecule has 0 amide bonds. The van der Waals surface area contributed by atoms with E-state index in [1.54, 1.807) is 0 Å². The van der Waals surface area contributed by atoms with Gasteiger partial charge >= 0.3 is 0 Å². The quantitative estimate of drug-likeness (QED) is 0.815. The van der Waals surface area contributed by atoms with Gasteiger partial charge in [0.05, 0.1) is 0 Å². The first-order valence-electron chi connectivity index (χ1n) is 4.88. The van der Waals surface area contributed by atoms with Crippen molar-refractivity contribution < 1.29 is 0 Å². The molecule has 1 fully saturated rings. The van der Waals surface area contributed by atoms with Crippen molar-refractivity contribution in [1.82, 2.24) is 0 Å². The third-order valence-corrected chi connectivity index (χ3v) is 2.98. The second-order valence-corrected chi connectivity index (χ2v) is 4.45. The maximum absolute atomic E-state index is 7.86. The summed E-state index contributed by atoms with van der Waals surface area (Å²) in [6.07, 6.45) is 3.25. The molecule has 1 N–H and O–H groups in total. The van der Waals surface area contributed by atoms with E-state index in [0.717, 1.165) is 35.4 Å². The molecule has 0 radical (unpaired) electrons. The van der Waals surface area contributed by atoms with E-state index < -0.39 is 0 Å². The fraction of sp³-hybridized carbons (Fsp3) is 0.364. The summed E-state index contributed by atoms with van der Waals surface area (Å²) < 4.78 is 1.08. The van der Waals surface area contributed by atoms with Gasteiger partial charge in [-0.3, -0.25) is 5.41 Å². The van der Waals surface area contributed by atoms with Crippen LogP contribution < -0.4 is 4.90 Å². The smallest absolute Gasteiger partial charge is 0.100 e. The lowest BCUT2D eigenvalue weighted by Crippen LogP contribution is -2.34. The summed E-state index contributed by atoms with van der Waals surface area (Å²) in [5, 5.41) is 7.86. The van der Waals surface area contributed by atoms with Crippen LogP contribution in [0.15, 0.2) is 28.7 Å². The van der Waals surface area contributed by atoms with Crippen LogP contribution >= 0.6 is 15.9 Å². The van der Waals surface area contributed by atoms with Gasteiger partial charge in [0.2, 0.25) is 0 Å². The fourth-order valence-corrected chi connectivity index (χ4v) is 2.15. The molecule has 0 bridgehead atoms. The van der Waals surface area contributed by atoms with Gasteiger partial charge < -0.3 is 4.90 Å². The summed E-state index contributed by atoms with van der Waals surface area (Å²) in [4.78, 5) is 2.09. The zero-order valence-electron chi connectivity index (χ0n) is 7.96. The molecule has 1 aliphatic rings. The summed E-state index contributed by atoms with van der Waals surface area (Å²) in [7, 11) is 0. The van der Waals surface area contributed by atoms with Crippen molar-refractivity contribution in [3.8, 4) is 0 Å². The average Bonchev–Trinajstić information content (AvgIpc) is 2.18. The molecule has 0 saturated carbocycles. The normalized spacial score (nSPS) is 17.2. The molecule has 1 aromatic carbocycles. The molecule has 74 valence electrons. The number of hydrogen-bond acceptors (Lipinski definition) is 1. The fourth-order valence-electron chi connectivity index (χ4n) is 1.76. The van der Waals surface area contributed by atoms with Crippen LogP contribution in [0.4, 0.5) is 5.69 Å². The number of anilines is 1. The molecule has 1 saturated heterocycles. The van der Waals surface area contributed by atoms with Crippen LogP contribution in [0.25, 0.3) is 0 Å². The van der Waals surface area contributed by atoms with Crippen molar-refractivity contribution in [1.29, 1.82) is 5.41 Å². The molecule has 14 heavy (non-hydrogen) atoms. The lowest BCUT2D eigenvalue weighted by atomic mass is 10.1. The van der Waals surface area contributed by atoms with Gasteiger partial charge in [-0.25, -0.2) is 0 Å². The molecule has 0 aliphatic carbocycles. The predicted octanol–water partition coefficient (Wildman–Crippen LogP) is 3.42. The number of nitrogens with zero attached hydrogens (tertiary/aromatic N) is 1. The van der Waals surface area contributed by atoms with Crippen LogP contribution in [0.2, 0.25) is 0 Å². The van der Waals surface area contributed by atoms with Gasteiger partial charge in [-0.2, -0.15) is 0 Å². The first-order chi connectivity index (χ1) is 6.77. The Kier molecular flexibility index (Phi) is 2.87. The third-order valence-electron chi connectivity index (χ3n) is 2.49. The van der Waals surface area contributed by atoms with Crippen molar-refractivity contribution in [2.24, 2.45) is 0 Å².